The smallest absolute Gasteiger partial charge is 0.240 e. The Morgan fingerprint density at radius 3 is 2.62 bits per heavy atom. The highest BCUT2D eigenvalue weighted by atomic mass is 16.5. The van der Waals surface area contributed by atoms with Gasteiger partial charge < -0.3 is 20.5 Å². The molecule has 2 aliphatic rings. The summed E-state index contributed by atoms with van der Waals surface area (Å²) in [6.45, 7) is 1.76. The van der Waals surface area contributed by atoms with Gasteiger partial charge in [0.1, 0.15) is 6.10 Å². The molecule has 1 aromatic rings. The minimum Gasteiger partial charge on any atom is -0.381 e. The summed E-state index contributed by atoms with van der Waals surface area (Å²) in [5.41, 5.74) is 6.52. The number of nitrogens with two attached hydrogens (primary N) is 1. The van der Waals surface area contributed by atoms with E-state index in [1.807, 2.05) is 30.3 Å². The SMILES string of the molecule is NC1(C(=O)NC2CCOC2c2ccccc2)CCOCC1. The average molecular weight is 290 g/mol. The van der Waals surface area contributed by atoms with E-state index in [4.69, 9.17) is 15.2 Å². The third kappa shape index (κ3) is 3.10. The molecule has 0 saturated carbocycles. The maximum atomic E-state index is 12.5. The van der Waals surface area contributed by atoms with Gasteiger partial charge in [0, 0.05) is 19.8 Å². The Labute approximate surface area is 124 Å². The number of rotatable bonds is 3. The summed E-state index contributed by atoms with van der Waals surface area (Å²) < 4.78 is 11.1. The van der Waals surface area contributed by atoms with Crippen LogP contribution in [0.25, 0.3) is 0 Å². The van der Waals surface area contributed by atoms with E-state index in [9.17, 15) is 4.79 Å². The van der Waals surface area contributed by atoms with Gasteiger partial charge in [0.2, 0.25) is 5.91 Å². The number of hydrogen-bond acceptors (Lipinski definition) is 4. The predicted molar refractivity (Wildman–Crippen MR) is 78.7 cm³/mol. The first-order chi connectivity index (χ1) is 10.2. The summed E-state index contributed by atoms with van der Waals surface area (Å²) in [7, 11) is 0. The van der Waals surface area contributed by atoms with Crippen LogP contribution in [0.2, 0.25) is 0 Å². The summed E-state index contributed by atoms with van der Waals surface area (Å²) in [4.78, 5) is 12.5. The zero-order chi connectivity index (χ0) is 14.7. The van der Waals surface area contributed by atoms with Crippen molar-refractivity contribution in [3.05, 3.63) is 35.9 Å². The van der Waals surface area contributed by atoms with Crippen molar-refractivity contribution in [3.8, 4) is 0 Å². The normalized spacial score (nSPS) is 28.2. The number of hydrogen-bond donors (Lipinski definition) is 2. The van der Waals surface area contributed by atoms with E-state index >= 15 is 0 Å². The lowest BCUT2D eigenvalue weighted by molar-refractivity contribution is -0.130. The molecule has 0 radical (unpaired) electrons. The van der Waals surface area contributed by atoms with Gasteiger partial charge in [-0.25, -0.2) is 0 Å². The topological polar surface area (TPSA) is 73.6 Å². The molecule has 0 spiro atoms. The highest BCUT2D eigenvalue weighted by molar-refractivity contribution is 5.86. The number of carbonyl (C=O) groups excluding carboxylic acids is 1. The van der Waals surface area contributed by atoms with Crippen LogP contribution in [-0.2, 0) is 14.3 Å². The summed E-state index contributed by atoms with van der Waals surface area (Å²) >= 11 is 0. The Kier molecular flexibility index (Phi) is 4.24. The number of ether oxygens (including phenoxy) is 2. The molecular weight excluding hydrogens is 268 g/mol. The lowest BCUT2D eigenvalue weighted by Gasteiger charge is -2.33. The van der Waals surface area contributed by atoms with Gasteiger partial charge in [0.05, 0.1) is 11.6 Å². The van der Waals surface area contributed by atoms with Crippen LogP contribution in [0.1, 0.15) is 30.9 Å². The fraction of sp³-hybridized carbons (Fsp3) is 0.562. The van der Waals surface area contributed by atoms with E-state index in [0.717, 1.165) is 12.0 Å². The van der Waals surface area contributed by atoms with Gasteiger partial charge in [0.15, 0.2) is 0 Å². The first-order valence-corrected chi connectivity index (χ1v) is 7.53. The highest BCUT2D eigenvalue weighted by Gasteiger charge is 2.39. The average Bonchev–Trinajstić information content (AvgIpc) is 2.97. The van der Waals surface area contributed by atoms with E-state index in [2.05, 4.69) is 5.32 Å². The molecule has 2 aliphatic heterocycles. The summed E-state index contributed by atoms with van der Waals surface area (Å²) in [5, 5.41) is 3.09. The second kappa shape index (κ2) is 6.13. The Balaban J connectivity index is 1.67. The summed E-state index contributed by atoms with van der Waals surface area (Å²) in [5.74, 6) is -0.0813. The van der Waals surface area contributed by atoms with Gasteiger partial charge in [-0.05, 0) is 24.8 Å². The monoisotopic (exact) mass is 290 g/mol. The zero-order valence-corrected chi connectivity index (χ0v) is 12.1. The maximum Gasteiger partial charge on any atom is 0.240 e. The van der Waals surface area contributed by atoms with Crippen LogP contribution >= 0.6 is 0 Å². The zero-order valence-electron chi connectivity index (χ0n) is 12.1. The van der Waals surface area contributed by atoms with Gasteiger partial charge in [-0.3, -0.25) is 4.79 Å². The molecule has 2 atom stereocenters. The fourth-order valence-electron chi connectivity index (χ4n) is 2.98. The van der Waals surface area contributed by atoms with Gasteiger partial charge in [-0.1, -0.05) is 30.3 Å². The van der Waals surface area contributed by atoms with Gasteiger partial charge in [-0.2, -0.15) is 0 Å². The number of amides is 1. The number of nitrogens with one attached hydrogen (secondary N) is 1. The standard InChI is InChI=1S/C16H22N2O3/c17-16(7-10-20-11-8-16)15(19)18-13-6-9-21-14(13)12-4-2-1-3-5-12/h1-5,13-14H,6-11,17H2,(H,18,19). The van der Waals surface area contributed by atoms with Crippen LogP contribution in [0.3, 0.4) is 0 Å². The minimum absolute atomic E-state index is 0.0110. The highest BCUT2D eigenvalue weighted by Crippen LogP contribution is 2.29. The molecule has 5 nitrogen and oxygen atoms in total. The third-order valence-corrected chi connectivity index (χ3v) is 4.37. The second-order valence-corrected chi connectivity index (χ2v) is 5.84. The van der Waals surface area contributed by atoms with Crippen molar-refractivity contribution in [1.82, 2.24) is 5.32 Å². The molecule has 5 heteroatoms. The molecule has 3 rings (SSSR count). The van der Waals surface area contributed by atoms with Crippen LogP contribution < -0.4 is 11.1 Å². The molecule has 3 N–H and O–H groups in total. The van der Waals surface area contributed by atoms with Crippen LogP contribution in [0, 0.1) is 0 Å². The van der Waals surface area contributed by atoms with E-state index < -0.39 is 5.54 Å². The summed E-state index contributed by atoms with van der Waals surface area (Å²) in [6.07, 6.45) is 1.88. The Morgan fingerprint density at radius 2 is 1.90 bits per heavy atom. The first-order valence-electron chi connectivity index (χ1n) is 7.53. The van der Waals surface area contributed by atoms with E-state index in [1.54, 1.807) is 0 Å². The molecule has 2 saturated heterocycles. The van der Waals surface area contributed by atoms with Crippen molar-refractivity contribution < 1.29 is 14.3 Å². The number of carbonyl (C=O) groups is 1. The first kappa shape index (κ1) is 14.5. The van der Waals surface area contributed by atoms with Crippen molar-refractivity contribution >= 4 is 5.91 Å². The molecule has 0 aliphatic carbocycles. The lowest BCUT2D eigenvalue weighted by Crippen LogP contribution is -2.59. The lowest BCUT2D eigenvalue weighted by atomic mass is 9.89. The Morgan fingerprint density at radius 1 is 1.19 bits per heavy atom. The maximum absolute atomic E-state index is 12.5. The van der Waals surface area contributed by atoms with Crippen LogP contribution in [0.4, 0.5) is 0 Å². The van der Waals surface area contributed by atoms with E-state index in [1.165, 1.54) is 0 Å². The molecule has 114 valence electrons. The third-order valence-electron chi connectivity index (χ3n) is 4.37. The molecule has 2 fully saturated rings. The minimum atomic E-state index is -0.803. The van der Waals surface area contributed by atoms with Gasteiger partial charge in [-0.15, -0.1) is 0 Å². The molecule has 0 bridgehead atoms. The fourth-order valence-corrected chi connectivity index (χ4v) is 2.98. The molecule has 21 heavy (non-hydrogen) atoms. The van der Waals surface area contributed by atoms with Gasteiger partial charge >= 0.3 is 0 Å². The van der Waals surface area contributed by atoms with Crippen LogP contribution in [0.5, 0.6) is 0 Å². The molecular formula is C16H22N2O3. The van der Waals surface area contributed by atoms with E-state index in [0.29, 0.717) is 32.7 Å². The van der Waals surface area contributed by atoms with Crippen molar-refractivity contribution in [2.75, 3.05) is 19.8 Å². The Hall–Kier alpha value is -1.43. The van der Waals surface area contributed by atoms with Crippen molar-refractivity contribution in [2.45, 2.75) is 36.9 Å². The quantitative estimate of drug-likeness (QED) is 0.875. The van der Waals surface area contributed by atoms with Crippen molar-refractivity contribution in [1.29, 1.82) is 0 Å². The Bertz CT molecular complexity index is 486. The molecule has 1 amide bonds. The summed E-state index contributed by atoms with van der Waals surface area (Å²) in [6, 6.07) is 9.99. The van der Waals surface area contributed by atoms with E-state index in [-0.39, 0.29) is 18.1 Å². The second-order valence-electron chi connectivity index (χ2n) is 5.84. The van der Waals surface area contributed by atoms with Crippen molar-refractivity contribution in [2.24, 2.45) is 5.73 Å². The van der Waals surface area contributed by atoms with Crippen molar-refractivity contribution in [3.63, 3.8) is 0 Å². The molecule has 1 aromatic carbocycles. The predicted octanol–water partition coefficient (Wildman–Crippen LogP) is 1.14. The number of benzene rings is 1. The van der Waals surface area contributed by atoms with Crippen LogP contribution in [-0.4, -0.2) is 37.3 Å². The molecule has 0 aromatic heterocycles. The molecule has 2 heterocycles. The largest absolute Gasteiger partial charge is 0.381 e. The van der Waals surface area contributed by atoms with Gasteiger partial charge in [0.25, 0.3) is 0 Å². The van der Waals surface area contributed by atoms with Crippen LogP contribution in [0.15, 0.2) is 30.3 Å². The molecule has 2 unspecified atom stereocenters.